The second-order valence-electron chi connectivity index (χ2n) is 4.52. The monoisotopic (exact) mass is 236 g/mol. The fourth-order valence-corrected chi connectivity index (χ4v) is 2.10. The molecule has 1 saturated heterocycles. The Hall–Kier alpha value is -1.20. The van der Waals surface area contributed by atoms with E-state index in [4.69, 9.17) is 10.5 Å². The molecule has 1 aliphatic heterocycles. The molecule has 0 amide bonds. The number of anilines is 1. The Kier molecular flexibility index (Phi) is 4.28. The smallest absolute Gasteiger partial charge is 0.225 e. The second kappa shape index (κ2) is 5.93. The van der Waals surface area contributed by atoms with Gasteiger partial charge in [0, 0.05) is 32.9 Å². The van der Waals surface area contributed by atoms with E-state index < -0.39 is 0 Å². The Bertz CT molecular complexity index is 352. The van der Waals surface area contributed by atoms with Gasteiger partial charge in [0.1, 0.15) is 0 Å². The molecule has 2 N–H and O–H groups in total. The number of nitrogens with two attached hydrogens (primary N) is 1. The van der Waals surface area contributed by atoms with Crippen LogP contribution in [0.5, 0.6) is 0 Å². The summed E-state index contributed by atoms with van der Waals surface area (Å²) in [6.45, 7) is 3.14. The summed E-state index contributed by atoms with van der Waals surface area (Å²) in [4.78, 5) is 10.8. The predicted octanol–water partition coefficient (Wildman–Crippen LogP) is 0.798. The SMILES string of the molecule is CN(CC1CCCOC1)c1nccc(CN)n1. The first kappa shape index (κ1) is 12.3. The molecule has 1 atom stereocenters. The number of rotatable bonds is 4. The summed E-state index contributed by atoms with van der Waals surface area (Å²) in [6, 6.07) is 1.85. The average Bonchev–Trinajstić information content (AvgIpc) is 2.40. The molecule has 0 aliphatic carbocycles. The van der Waals surface area contributed by atoms with Crippen LogP contribution in [0.2, 0.25) is 0 Å². The molecule has 0 aromatic carbocycles. The molecule has 0 radical (unpaired) electrons. The summed E-state index contributed by atoms with van der Waals surface area (Å²) >= 11 is 0. The number of nitrogens with zero attached hydrogens (tertiary/aromatic N) is 3. The van der Waals surface area contributed by atoms with Crippen molar-refractivity contribution in [2.45, 2.75) is 19.4 Å². The maximum Gasteiger partial charge on any atom is 0.225 e. The highest BCUT2D eigenvalue weighted by molar-refractivity contribution is 5.28. The van der Waals surface area contributed by atoms with Gasteiger partial charge in [-0.2, -0.15) is 0 Å². The van der Waals surface area contributed by atoms with E-state index in [0.29, 0.717) is 12.5 Å². The van der Waals surface area contributed by atoms with Gasteiger partial charge in [-0.25, -0.2) is 9.97 Å². The van der Waals surface area contributed by atoms with Gasteiger partial charge >= 0.3 is 0 Å². The molecular formula is C12H20N4O. The fraction of sp³-hybridized carbons (Fsp3) is 0.667. The van der Waals surface area contributed by atoms with Crippen LogP contribution in [-0.2, 0) is 11.3 Å². The molecule has 1 fully saturated rings. The topological polar surface area (TPSA) is 64.3 Å². The van der Waals surface area contributed by atoms with Gasteiger partial charge < -0.3 is 15.4 Å². The van der Waals surface area contributed by atoms with E-state index in [0.717, 1.165) is 37.8 Å². The van der Waals surface area contributed by atoms with E-state index in [-0.39, 0.29) is 0 Å². The fourth-order valence-electron chi connectivity index (χ4n) is 2.10. The molecule has 1 aliphatic rings. The zero-order valence-electron chi connectivity index (χ0n) is 10.3. The first-order valence-corrected chi connectivity index (χ1v) is 6.10. The average molecular weight is 236 g/mol. The van der Waals surface area contributed by atoms with Crippen LogP contribution >= 0.6 is 0 Å². The van der Waals surface area contributed by atoms with Crippen LogP contribution in [0, 0.1) is 5.92 Å². The molecule has 2 rings (SSSR count). The number of hydrogen-bond donors (Lipinski definition) is 1. The summed E-state index contributed by atoms with van der Waals surface area (Å²) < 4.78 is 5.48. The molecular weight excluding hydrogens is 216 g/mol. The van der Waals surface area contributed by atoms with Gasteiger partial charge in [-0.1, -0.05) is 0 Å². The van der Waals surface area contributed by atoms with Crippen molar-refractivity contribution in [1.82, 2.24) is 9.97 Å². The maximum atomic E-state index is 5.57. The van der Waals surface area contributed by atoms with E-state index in [1.807, 2.05) is 13.1 Å². The van der Waals surface area contributed by atoms with E-state index in [2.05, 4.69) is 14.9 Å². The lowest BCUT2D eigenvalue weighted by atomic mass is 10.0. The van der Waals surface area contributed by atoms with E-state index in [9.17, 15) is 0 Å². The Labute approximate surface area is 102 Å². The molecule has 1 aromatic heterocycles. The van der Waals surface area contributed by atoms with Gasteiger partial charge in [-0.15, -0.1) is 0 Å². The summed E-state index contributed by atoms with van der Waals surface area (Å²) in [5.74, 6) is 1.33. The van der Waals surface area contributed by atoms with Crippen LogP contribution in [0.1, 0.15) is 18.5 Å². The molecule has 5 nitrogen and oxygen atoms in total. The number of hydrogen-bond acceptors (Lipinski definition) is 5. The largest absolute Gasteiger partial charge is 0.381 e. The Morgan fingerprint density at radius 1 is 1.59 bits per heavy atom. The number of ether oxygens (including phenoxy) is 1. The van der Waals surface area contributed by atoms with Crippen molar-refractivity contribution >= 4 is 5.95 Å². The molecule has 2 heterocycles. The Morgan fingerprint density at radius 2 is 2.47 bits per heavy atom. The van der Waals surface area contributed by atoms with Crippen molar-refractivity contribution in [2.75, 3.05) is 31.7 Å². The van der Waals surface area contributed by atoms with Gasteiger partial charge in [-0.05, 0) is 24.8 Å². The summed E-state index contributed by atoms with van der Waals surface area (Å²) in [5.41, 5.74) is 6.45. The van der Waals surface area contributed by atoms with Crippen molar-refractivity contribution < 1.29 is 4.74 Å². The predicted molar refractivity (Wildman–Crippen MR) is 66.7 cm³/mol. The van der Waals surface area contributed by atoms with Crippen LogP contribution in [-0.4, -0.2) is 36.8 Å². The van der Waals surface area contributed by atoms with Crippen molar-refractivity contribution in [2.24, 2.45) is 11.7 Å². The van der Waals surface area contributed by atoms with Crippen molar-refractivity contribution in [3.05, 3.63) is 18.0 Å². The molecule has 1 unspecified atom stereocenters. The first-order valence-electron chi connectivity index (χ1n) is 6.10. The molecule has 1 aromatic rings. The first-order chi connectivity index (χ1) is 8.29. The lowest BCUT2D eigenvalue weighted by Crippen LogP contribution is -2.32. The molecule has 5 heteroatoms. The lowest BCUT2D eigenvalue weighted by molar-refractivity contribution is 0.0575. The molecule has 0 bridgehead atoms. The molecule has 94 valence electrons. The van der Waals surface area contributed by atoms with Crippen molar-refractivity contribution in [1.29, 1.82) is 0 Å². The Balaban J connectivity index is 1.95. The van der Waals surface area contributed by atoms with E-state index in [1.165, 1.54) is 6.42 Å². The van der Waals surface area contributed by atoms with Crippen LogP contribution < -0.4 is 10.6 Å². The molecule has 17 heavy (non-hydrogen) atoms. The van der Waals surface area contributed by atoms with Gasteiger partial charge in [-0.3, -0.25) is 0 Å². The third kappa shape index (κ3) is 3.38. The number of aromatic nitrogens is 2. The van der Waals surface area contributed by atoms with Crippen LogP contribution in [0.25, 0.3) is 0 Å². The highest BCUT2D eigenvalue weighted by Crippen LogP contribution is 2.16. The van der Waals surface area contributed by atoms with Crippen molar-refractivity contribution in [3.8, 4) is 0 Å². The summed E-state index contributed by atoms with van der Waals surface area (Å²) in [7, 11) is 2.02. The van der Waals surface area contributed by atoms with Crippen LogP contribution in [0.3, 0.4) is 0 Å². The maximum absolute atomic E-state index is 5.57. The van der Waals surface area contributed by atoms with Crippen LogP contribution in [0.4, 0.5) is 5.95 Å². The third-order valence-electron chi connectivity index (χ3n) is 3.04. The van der Waals surface area contributed by atoms with Gasteiger partial charge in [0.15, 0.2) is 0 Å². The molecule has 0 saturated carbocycles. The standard InChI is InChI=1S/C12H20N4O/c1-16(8-10-3-2-6-17-9-10)12-14-5-4-11(7-13)15-12/h4-5,10H,2-3,6-9,13H2,1H3. The van der Waals surface area contributed by atoms with E-state index in [1.54, 1.807) is 6.20 Å². The summed E-state index contributed by atoms with van der Waals surface area (Å²) in [6.07, 6.45) is 4.14. The van der Waals surface area contributed by atoms with E-state index >= 15 is 0 Å². The minimum atomic E-state index is 0.454. The minimum absolute atomic E-state index is 0.454. The third-order valence-corrected chi connectivity index (χ3v) is 3.04. The normalized spacial score (nSPS) is 20.2. The van der Waals surface area contributed by atoms with Crippen molar-refractivity contribution in [3.63, 3.8) is 0 Å². The quantitative estimate of drug-likeness (QED) is 0.837. The molecule has 0 spiro atoms. The van der Waals surface area contributed by atoms with Gasteiger partial charge in [0.2, 0.25) is 5.95 Å². The highest BCUT2D eigenvalue weighted by Gasteiger charge is 2.17. The second-order valence-corrected chi connectivity index (χ2v) is 4.52. The Morgan fingerprint density at radius 3 is 3.18 bits per heavy atom. The minimum Gasteiger partial charge on any atom is -0.381 e. The van der Waals surface area contributed by atoms with Gasteiger partial charge in [0.25, 0.3) is 0 Å². The van der Waals surface area contributed by atoms with Gasteiger partial charge in [0.05, 0.1) is 12.3 Å². The highest BCUT2D eigenvalue weighted by atomic mass is 16.5. The summed E-state index contributed by atoms with van der Waals surface area (Å²) in [5, 5.41) is 0. The zero-order chi connectivity index (χ0) is 12.1. The van der Waals surface area contributed by atoms with Crippen LogP contribution in [0.15, 0.2) is 12.3 Å². The lowest BCUT2D eigenvalue weighted by Gasteiger charge is -2.27. The zero-order valence-corrected chi connectivity index (χ0v) is 10.3.